The van der Waals surface area contributed by atoms with E-state index in [2.05, 4.69) is 0 Å². The summed E-state index contributed by atoms with van der Waals surface area (Å²) in [5.74, 6) is 0.500. The number of nitrogens with zero attached hydrogens (tertiary/aromatic N) is 2. The molecule has 39 heavy (non-hydrogen) atoms. The van der Waals surface area contributed by atoms with Gasteiger partial charge in [0, 0.05) is 5.56 Å². The van der Waals surface area contributed by atoms with Crippen molar-refractivity contribution in [1.29, 1.82) is 0 Å². The summed E-state index contributed by atoms with van der Waals surface area (Å²) in [7, 11) is 1.57. The van der Waals surface area contributed by atoms with E-state index >= 15 is 0 Å². The number of rotatable bonds is 8. The first-order chi connectivity index (χ1) is 19.0. The van der Waals surface area contributed by atoms with Gasteiger partial charge in [-0.15, -0.1) is 0 Å². The highest BCUT2D eigenvalue weighted by Gasteiger charge is 2.36. The smallest absolute Gasteiger partial charge is 0.338 e. The Bertz CT molecular complexity index is 1760. The molecule has 0 N–H and O–H groups in total. The van der Waals surface area contributed by atoms with Crippen molar-refractivity contribution in [2.45, 2.75) is 33.2 Å². The van der Waals surface area contributed by atoms with Gasteiger partial charge in [-0.05, 0) is 48.7 Å². The molecule has 7 nitrogen and oxygen atoms in total. The Hall–Kier alpha value is -4.17. The fraction of sp³-hybridized carbons (Fsp3) is 0.258. The van der Waals surface area contributed by atoms with Crippen molar-refractivity contribution in [2.24, 2.45) is 4.99 Å². The first-order valence-electron chi connectivity index (χ1n) is 13.0. The van der Waals surface area contributed by atoms with Crippen molar-refractivity contribution in [1.82, 2.24) is 4.57 Å². The lowest BCUT2D eigenvalue weighted by molar-refractivity contribution is -0.139. The molecule has 3 aromatic carbocycles. The standard InChI is InChI=1S/C31H30N2O5S/c1-5-17-38-28-23(15-10-16-24(28)36-4)27-26(30(35)37-6-2)19(3)32-31-33(27)29(34)25(39-31)18-21-13-9-12-20-11-7-8-14-22(20)21/h7-16,18,27H,5-6,17H2,1-4H3/b25-18+/t27-/m1/s1. The Labute approximate surface area is 230 Å². The number of hydrogen-bond acceptors (Lipinski definition) is 7. The molecule has 0 unspecified atom stereocenters. The van der Waals surface area contributed by atoms with E-state index in [9.17, 15) is 9.59 Å². The van der Waals surface area contributed by atoms with Crippen LogP contribution in [0.25, 0.3) is 16.8 Å². The largest absolute Gasteiger partial charge is 0.493 e. The maximum atomic E-state index is 14.1. The monoisotopic (exact) mass is 542 g/mol. The van der Waals surface area contributed by atoms with Crippen molar-refractivity contribution < 1.29 is 19.0 Å². The van der Waals surface area contributed by atoms with Crippen molar-refractivity contribution in [3.05, 3.63) is 103 Å². The maximum absolute atomic E-state index is 14.1. The molecule has 0 amide bonds. The first kappa shape index (κ1) is 26.4. The average molecular weight is 543 g/mol. The van der Waals surface area contributed by atoms with Gasteiger partial charge in [0.15, 0.2) is 16.3 Å². The molecule has 0 saturated carbocycles. The van der Waals surface area contributed by atoms with E-state index in [1.54, 1.807) is 31.6 Å². The van der Waals surface area contributed by atoms with Crippen molar-refractivity contribution >= 4 is 34.2 Å². The molecule has 5 rings (SSSR count). The van der Waals surface area contributed by atoms with Gasteiger partial charge in [0.05, 0.1) is 36.1 Å². The lowest BCUT2D eigenvalue weighted by Crippen LogP contribution is -2.40. The molecule has 0 bridgehead atoms. The fourth-order valence-corrected chi connectivity index (χ4v) is 5.91. The van der Waals surface area contributed by atoms with Gasteiger partial charge in [-0.1, -0.05) is 72.9 Å². The number of hydrogen-bond donors (Lipinski definition) is 0. The van der Waals surface area contributed by atoms with Gasteiger partial charge in [0.2, 0.25) is 0 Å². The average Bonchev–Trinajstić information content (AvgIpc) is 3.25. The molecule has 0 spiro atoms. The van der Waals surface area contributed by atoms with Crippen molar-refractivity contribution in [3.63, 3.8) is 0 Å². The fourth-order valence-electron chi connectivity index (χ4n) is 4.87. The molecule has 0 saturated heterocycles. The highest BCUT2D eigenvalue weighted by molar-refractivity contribution is 7.07. The van der Waals surface area contributed by atoms with E-state index in [0.29, 0.717) is 44.3 Å². The predicted octanol–water partition coefficient (Wildman–Crippen LogP) is 4.75. The number of carbonyl (C=O) groups excluding carboxylic acids is 1. The molecule has 0 aliphatic carbocycles. The van der Waals surface area contributed by atoms with Crippen LogP contribution in [0.2, 0.25) is 0 Å². The molecule has 1 aromatic heterocycles. The van der Waals surface area contributed by atoms with Gasteiger partial charge in [-0.3, -0.25) is 9.36 Å². The summed E-state index contributed by atoms with van der Waals surface area (Å²) in [6, 6.07) is 18.8. The number of fused-ring (bicyclic) bond motifs is 2. The zero-order valence-corrected chi connectivity index (χ0v) is 23.2. The summed E-state index contributed by atoms with van der Waals surface area (Å²) < 4.78 is 19.3. The number of benzene rings is 3. The van der Waals surface area contributed by atoms with Crippen LogP contribution in [-0.2, 0) is 9.53 Å². The number of thiazole rings is 1. The number of carbonyl (C=O) groups is 1. The summed E-state index contributed by atoms with van der Waals surface area (Å²) in [6.45, 7) is 6.19. The highest BCUT2D eigenvalue weighted by atomic mass is 32.1. The predicted molar refractivity (Wildman–Crippen MR) is 153 cm³/mol. The molecular formula is C31H30N2O5S. The van der Waals surface area contributed by atoms with Gasteiger partial charge < -0.3 is 14.2 Å². The van der Waals surface area contributed by atoms with Crippen molar-refractivity contribution in [2.75, 3.05) is 20.3 Å². The van der Waals surface area contributed by atoms with Crippen LogP contribution in [0.4, 0.5) is 0 Å². The number of esters is 1. The Morgan fingerprint density at radius 2 is 1.85 bits per heavy atom. The van der Waals surface area contributed by atoms with E-state index in [0.717, 1.165) is 22.8 Å². The van der Waals surface area contributed by atoms with Gasteiger partial charge in [0.25, 0.3) is 5.56 Å². The Balaban J connectivity index is 1.78. The molecule has 2 heterocycles. The number of para-hydroxylation sites is 1. The minimum Gasteiger partial charge on any atom is -0.493 e. The zero-order chi connectivity index (χ0) is 27.5. The lowest BCUT2D eigenvalue weighted by Gasteiger charge is -2.27. The van der Waals surface area contributed by atoms with Crippen LogP contribution < -0.4 is 24.4 Å². The summed E-state index contributed by atoms with van der Waals surface area (Å²) in [5.41, 5.74) is 2.13. The minimum atomic E-state index is -0.795. The van der Waals surface area contributed by atoms with Crippen molar-refractivity contribution in [3.8, 4) is 11.5 Å². The van der Waals surface area contributed by atoms with Gasteiger partial charge in [-0.2, -0.15) is 0 Å². The molecule has 0 fully saturated rings. The molecule has 0 radical (unpaired) electrons. The van der Waals surface area contributed by atoms with Crippen LogP contribution in [0.1, 0.15) is 44.4 Å². The van der Waals surface area contributed by atoms with E-state index in [1.165, 1.54) is 11.3 Å². The van der Waals surface area contributed by atoms with Gasteiger partial charge in [0.1, 0.15) is 6.04 Å². The number of allylic oxidation sites excluding steroid dienone is 1. The Morgan fingerprint density at radius 3 is 2.62 bits per heavy atom. The Kier molecular flexibility index (Phi) is 7.65. The van der Waals surface area contributed by atoms with Gasteiger partial charge in [-0.25, -0.2) is 9.79 Å². The maximum Gasteiger partial charge on any atom is 0.338 e. The van der Waals surface area contributed by atoms with Gasteiger partial charge >= 0.3 is 5.97 Å². The molecule has 1 aliphatic heterocycles. The van der Waals surface area contributed by atoms with E-state index in [4.69, 9.17) is 19.2 Å². The van der Waals surface area contributed by atoms with Crippen LogP contribution in [-0.4, -0.2) is 30.9 Å². The summed E-state index contributed by atoms with van der Waals surface area (Å²) in [6.07, 6.45) is 2.68. The topological polar surface area (TPSA) is 79.1 Å². The quantitative estimate of drug-likeness (QED) is 0.300. The summed E-state index contributed by atoms with van der Waals surface area (Å²) in [5, 5.41) is 2.14. The third-order valence-electron chi connectivity index (χ3n) is 6.60. The normalized spacial score (nSPS) is 15.2. The van der Waals surface area contributed by atoms with E-state index < -0.39 is 12.0 Å². The molecule has 4 aromatic rings. The second-order valence-electron chi connectivity index (χ2n) is 9.10. The molecule has 8 heteroatoms. The molecule has 1 aliphatic rings. The summed E-state index contributed by atoms with van der Waals surface area (Å²) in [4.78, 5) is 32.6. The molecule has 200 valence electrons. The van der Waals surface area contributed by atoms with Crippen LogP contribution in [0, 0.1) is 0 Å². The molecule has 1 atom stereocenters. The minimum absolute atomic E-state index is 0.200. The van der Waals surface area contributed by atoms with Crippen LogP contribution in [0.3, 0.4) is 0 Å². The van der Waals surface area contributed by atoms with E-state index in [1.807, 2.05) is 67.6 Å². The number of aromatic nitrogens is 1. The van der Waals surface area contributed by atoms with Crippen LogP contribution in [0.5, 0.6) is 11.5 Å². The third kappa shape index (κ3) is 4.88. The summed E-state index contributed by atoms with van der Waals surface area (Å²) >= 11 is 1.30. The third-order valence-corrected chi connectivity index (χ3v) is 7.58. The van der Waals surface area contributed by atoms with Crippen LogP contribution in [0.15, 0.2) is 81.7 Å². The molecular weight excluding hydrogens is 512 g/mol. The lowest BCUT2D eigenvalue weighted by atomic mass is 9.94. The number of methoxy groups -OCH3 is 1. The van der Waals surface area contributed by atoms with Crippen LogP contribution >= 0.6 is 11.3 Å². The SMILES string of the molecule is CCCOc1c(OC)cccc1[C@@H]1C(C(=O)OCC)=C(C)N=c2s/c(=C/c3cccc4ccccc34)c(=O)n21. The first-order valence-corrected chi connectivity index (χ1v) is 13.8. The second kappa shape index (κ2) is 11.3. The highest BCUT2D eigenvalue weighted by Crippen LogP contribution is 2.40. The zero-order valence-electron chi connectivity index (χ0n) is 22.4. The van der Waals surface area contributed by atoms with E-state index in [-0.39, 0.29) is 12.2 Å². The number of ether oxygens (including phenoxy) is 3. The second-order valence-corrected chi connectivity index (χ2v) is 10.1. The Morgan fingerprint density at radius 1 is 1.08 bits per heavy atom.